The Labute approximate surface area is 152 Å². The minimum Gasteiger partial charge on any atom is -0.188 e. The van der Waals surface area contributed by atoms with Crippen molar-refractivity contribution in [3.05, 3.63) is 47.2 Å². The summed E-state index contributed by atoms with van der Waals surface area (Å²) in [6, 6.07) is 9.65. The molecule has 0 saturated carbocycles. The Hall–Kier alpha value is -2.73. The van der Waals surface area contributed by atoms with Crippen LogP contribution in [-0.2, 0) is 6.18 Å². The highest BCUT2D eigenvalue weighted by Crippen LogP contribution is 2.29. The third-order valence-electron chi connectivity index (χ3n) is 3.20. The lowest BCUT2D eigenvalue weighted by Crippen LogP contribution is -2.12. The molecule has 0 bridgehead atoms. The first-order chi connectivity index (χ1) is 12.4. The SMILES string of the molecule is FC(F)(F)c1nnc2ccc(Sc3nnnn3-c3ccc(Cl)cc3)nn12. The Morgan fingerprint density at radius 1 is 0.962 bits per heavy atom. The molecule has 3 heterocycles. The summed E-state index contributed by atoms with van der Waals surface area (Å²) >= 11 is 6.85. The molecule has 0 N–H and O–H groups in total. The Morgan fingerprint density at radius 2 is 1.73 bits per heavy atom. The van der Waals surface area contributed by atoms with Crippen molar-refractivity contribution in [2.45, 2.75) is 16.4 Å². The minimum atomic E-state index is -4.67. The zero-order valence-corrected chi connectivity index (χ0v) is 14.0. The molecule has 4 rings (SSSR count). The molecule has 8 nitrogen and oxygen atoms in total. The third-order valence-corrected chi connectivity index (χ3v) is 4.32. The van der Waals surface area contributed by atoms with Crippen LogP contribution in [0.1, 0.15) is 5.82 Å². The topological polar surface area (TPSA) is 86.7 Å². The van der Waals surface area contributed by atoms with Crippen LogP contribution in [0.15, 0.2) is 46.6 Å². The third kappa shape index (κ3) is 3.08. The molecular formula is C13H6ClF3N8S. The van der Waals surface area contributed by atoms with Crippen LogP contribution in [0.5, 0.6) is 0 Å². The molecule has 132 valence electrons. The zero-order valence-electron chi connectivity index (χ0n) is 12.5. The smallest absolute Gasteiger partial charge is 0.188 e. The number of benzene rings is 1. The van der Waals surface area contributed by atoms with E-state index in [1.54, 1.807) is 24.3 Å². The van der Waals surface area contributed by atoms with Gasteiger partial charge in [-0.3, -0.25) is 0 Å². The van der Waals surface area contributed by atoms with E-state index < -0.39 is 12.0 Å². The highest BCUT2D eigenvalue weighted by atomic mass is 35.5. The van der Waals surface area contributed by atoms with Gasteiger partial charge in [-0.2, -0.15) is 27.5 Å². The van der Waals surface area contributed by atoms with E-state index in [0.29, 0.717) is 20.4 Å². The molecule has 0 aliphatic rings. The summed E-state index contributed by atoms with van der Waals surface area (Å²) in [5.41, 5.74) is 0.627. The van der Waals surface area contributed by atoms with Gasteiger partial charge in [0.25, 0.3) is 5.82 Å². The summed E-state index contributed by atoms with van der Waals surface area (Å²) in [4.78, 5) is 0. The lowest BCUT2D eigenvalue weighted by molar-refractivity contribution is -0.146. The fourth-order valence-corrected chi connectivity index (χ4v) is 2.96. The number of rotatable bonds is 3. The second kappa shape index (κ2) is 6.21. The van der Waals surface area contributed by atoms with E-state index in [4.69, 9.17) is 11.6 Å². The van der Waals surface area contributed by atoms with Gasteiger partial charge in [0.15, 0.2) is 5.65 Å². The summed E-state index contributed by atoms with van der Waals surface area (Å²) in [6.07, 6.45) is -4.67. The maximum atomic E-state index is 13.0. The van der Waals surface area contributed by atoms with E-state index in [2.05, 4.69) is 30.8 Å². The van der Waals surface area contributed by atoms with Gasteiger partial charge in [0, 0.05) is 5.02 Å². The average Bonchev–Trinajstić information content (AvgIpc) is 3.21. The molecule has 13 heteroatoms. The summed E-state index contributed by atoms with van der Waals surface area (Å²) in [5.74, 6) is -1.20. The van der Waals surface area contributed by atoms with Crippen molar-refractivity contribution >= 4 is 29.0 Å². The quantitative estimate of drug-likeness (QED) is 0.524. The molecule has 4 aromatic rings. The van der Waals surface area contributed by atoms with Crippen molar-refractivity contribution in [3.8, 4) is 5.69 Å². The highest BCUT2D eigenvalue weighted by molar-refractivity contribution is 7.99. The van der Waals surface area contributed by atoms with E-state index in [1.165, 1.54) is 16.8 Å². The van der Waals surface area contributed by atoms with Gasteiger partial charge < -0.3 is 0 Å². The normalized spacial score (nSPS) is 12.0. The van der Waals surface area contributed by atoms with Gasteiger partial charge in [-0.05, 0) is 58.6 Å². The van der Waals surface area contributed by atoms with Crippen molar-refractivity contribution in [1.29, 1.82) is 0 Å². The van der Waals surface area contributed by atoms with Gasteiger partial charge >= 0.3 is 6.18 Å². The Kier molecular flexibility index (Phi) is 4.00. The molecule has 0 saturated heterocycles. The van der Waals surface area contributed by atoms with Crippen LogP contribution in [0, 0.1) is 0 Å². The average molecular weight is 399 g/mol. The molecule has 0 unspecified atom stereocenters. The fourth-order valence-electron chi connectivity index (χ4n) is 2.08. The van der Waals surface area contributed by atoms with Gasteiger partial charge in [-0.1, -0.05) is 11.6 Å². The van der Waals surface area contributed by atoms with Crippen molar-refractivity contribution in [2.75, 3.05) is 0 Å². The van der Waals surface area contributed by atoms with Crippen molar-refractivity contribution < 1.29 is 13.2 Å². The van der Waals surface area contributed by atoms with Crippen molar-refractivity contribution in [3.63, 3.8) is 0 Å². The maximum absolute atomic E-state index is 13.0. The van der Waals surface area contributed by atoms with Crippen LogP contribution in [0.25, 0.3) is 11.3 Å². The zero-order chi connectivity index (χ0) is 18.3. The molecule has 0 atom stereocenters. The summed E-state index contributed by atoms with van der Waals surface area (Å²) in [5, 5.41) is 23.0. The maximum Gasteiger partial charge on any atom is 0.453 e. The van der Waals surface area contributed by atoms with Gasteiger partial charge in [0.1, 0.15) is 5.03 Å². The number of aromatic nitrogens is 8. The van der Waals surface area contributed by atoms with E-state index in [1.807, 2.05) is 0 Å². The van der Waals surface area contributed by atoms with Gasteiger partial charge in [0.2, 0.25) is 5.16 Å². The molecule has 0 radical (unpaired) electrons. The van der Waals surface area contributed by atoms with Gasteiger partial charge in [0.05, 0.1) is 5.69 Å². The predicted molar refractivity (Wildman–Crippen MR) is 84.1 cm³/mol. The van der Waals surface area contributed by atoms with E-state index in [9.17, 15) is 13.2 Å². The Bertz CT molecular complexity index is 1080. The Balaban J connectivity index is 1.70. The second-order valence-electron chi connectivity index (χ2n) is 4.91. The molecule has 0 fully saturated rings. The minimum absolute atomic E-state index is 0.0148. The van der Waals surface area contributed by atoms with Crippen LogP contribution < -0.4 is 0 Å². The molecule has 26 heavy (non-hydrogen) atoms. The first-order valence-electron chi connectivity index (χ1n) is 6.94. The molecule has 0 aliphatic carbocycles. The lowest BCUT2D eigenvalue weighted by Gasteiger charge is -2.05. The number of nitrogens with zero attached hydrogens (tertiary/aromatic N) is 8. The molecule has 0 spiro atoms. The summed E-state index contributed by atoms with van der Waals surface area (Å²) in [6.45, 7) is 0. The van der Waals surface area contributed by atoms with E-state index in [-0.39, 0.29) is 10.7 Å². The van der Waals surface area contributed by atoms with Crippen LogP contribution in [0.4, 0.5) is 13.2 Å². The number of tetrazole rings is 1. The highest BCUT2D eigenvalue weighted by Gasteiger charge is 2.37. The van der Waals surface area contributed by atoms with Gasteiger partial charge in [-0.25, -0.2) is 0 Å². The Morgan fingerprint density at radius 3 is 2.46 bits per heavy atom. The molecular weight excluding hydrogens is 393 g/mol. The number of hydrogen-bond donors (Lipinski definition) is 0. The van der Waals surface area contributed by atoms with Gasteiger partial charge in [-0.15, -0.1) is 15.3 Å². The predicted octanol–water partition coefficient (Wildman–Crippen LogP) is 2.92. The first kappa shape index (κ1) is 16.7. The fraction of sp³-hybridized carbons (Fsp3) is 0.0769. The van der Waals surface area contributed by atoms with Crippen LogP contribution in [0.3, 0.4) is 0 Å². The standard InChI is InChI=1S/C13H6ClF3N8S/c14-7-1-3-8(4-2-7)24-12(20-22-23-24)26-10-6-5-9-18-19-11(13(15,16)17)25(9)21-10/h1-6H. The van der Waals surface area contributed by atoms with Crippen LogP contribution in [0.2, 0.25) is 5.02 Å². The number of fused-ring (bicyclic) bond motifs is 1. The van der Waals surface area contributed by atoms with E-state index >= 15 is 0 Å². The number of hydrogen-bond acceptors (Lipinski definition) is 7. The van der Waals surface area contributed by atoms with Crippen LogP contribution >= 0.6 is 23.4 Å². The lowest BCUT2D eigenvalue weighted by atomic mass is 10.3. The monoisotopic (exact) mass is 398 g/mol. The first-order valence-corrected chi connectivity index (χ1v) is 8.13. The number of alkyl halides is 3. The van der Waals surface area contributed by atoms with Crippen LogP contribution in [-0.4, -0.2) is 40.0 Å². The summed E-state index contributed by atoms with van der Waals surface area (Å²) in [7, 11) is 0. The second-order valence-corrected chi connectivity index (χ2v) is 6.34. The molecule has 1 aromatic carbocycles. The summed E-state index contributed by atoms with van der Waals surface area (Å²) < 4.78 is 40.9. The molecule has 3 aromatic heterocycles. The number of halogens is 4. The van der Waals surface area contributed by atoms with Crippen molar-refractivity contribution in [1.82, 2.24) is 40.0 Å². The molecule has 0 aliphatic heterocycles. The van der Waals surface area contributed by atoms with E-state index in [0.717, 1.165) is 11.8 Å². The van der Waals surface area contributed by atoms with Crippen molar-refractivity contribution in [2.24, 2.45) is 0 Å². The largest absolute Gasteiger partial charge is 0.453 e. The molecule has 0 amide bonds.